The van der Waals surface area contributed by atoms with Crippen LogP contribution in [-0.4, -0.2) is 61.9 Å². The Morgan fingerprint density at radius 2 is 1.61 bits per heavy atom. The first-order valence-corrected chi connectivity index (χ1v) is 10.3. The van der Waals surface area contributed by atoms with Crippen molar-refractivity contribution in [2.75, 3.05) is 31.1 Å². The van der Waals surface area contributed by atoms with Gasteiger partial charge in [0.1, 0.15) is 6.33 Å². The van der Waals surface area contributed by atoms with Crippen molar-refractivity contribution >= 4 is 22.9 Å². The summed E-state index contributed by atoms with van der Waals surface area (Å²) in [7, 11) is 0. The molecule has 31 heavy (non-hydrogen) atoms. The van der Waals surface area contributed by atoms with E-state index in [-0.39, 0.29) is 5.91 Å². The van der Waals surface area contributed by atoms with E-state index in [4.69, 9.17) is 0 Å². The second-order valence-corrected chi connectivity index (χ2v) is 7.86. The maximum absolute atomic E-state index is 13.0. The lowest BCUT2D eigenvalue weighted by molar-refractivity contribution is 0.0746. The fourth-order valence-corrected chi connectivity index (χ4v) is 4.11. The molecule has 1 aliphatic rings. The molecule has 3 heterocycles. The quantitative estimate of drug-likeness (QED) is 0.514. The molecule has 0 spiro atoms. The van der Waals surface area contributed by atoms with Crippen LogP contribution in [0.15, 0.2) is 54.9 Å². The maximum Gasteiger partial charge on any atom is 0.253 e. The second-order valence-electron chi connectivity index (χ2n) is 7.86. The van der Waals surface area contributed by atoms with Gasteiger partial charge in [0.05, 0.1) is 5.69 Å². The van der Waals surface area contributed by atoms with Crippen LogP contribution in [0.25, 0.3) is 16.9 Å². The van der Waals surface area contributed by atoms with Gasteiger partial charge in [-0.25, -0.2) is 9.97 Å². The summed E-state index contributed by atoms with van der Waals surface area (Å²) in [4.78, 5) is 25.9. The molecule has 2 aromatic carbocycles. The second kappa shape index (κ2) is 7.79. The smallest absolute Gasteiger partial charge is 0.253 e. The van der Waals surface area contributed by atoms with Gasteiger partial charge in [-0.1, -0.05) is 40.6 Å². The van der Waals surface area contributed by atoms with Gasteiger partial charge in [-0.15, -0.1) is 5.10 Å². The topological polar surface area (TPSA) is 80.0 Å². The third-order valence-corrected chi connectivity index (χ3v) is 5.55. The number of fused-ring (bicyclic) bond motifs is 1. The highest BCUT2D eigenvalue weighted by Gasteiger charge is 2.25. The molecule has 2 aromatic heterocycles. The molecule has 4 aromatic rings. The molecule has 0 saturated carbocycles. The van der Waals surface area contributed by atoms with E-state index < -0.39 is 0 Å². The Balaban J connectivity index is 1.36. The number of aryl methyl sites for hydroxylation is 2. The number of aromatic nitrogens is 5. The largest absolute Gasteiger partial charge is 0.351 e. The zero-order chi connectivity index (χ0) is 21.4. The van der Waals surface area contributed by atoms with E-state index in [0.29, 0.717) is 37.3 Å². The van der Waals surface area contributed by atoms with Gasteiger partial charge in [0, 0.05) is 31.7 Å². The zero-order valence-electron chi connectivity index (χ0n) is 17.6. The van der Waals surface area contributed by atoms with Crippen LogP contribution in [-0.2, 0) is 0 Å². The van der Waals surface area contributed by atoms with Crippen LogP contribution in [0.4, 0.5) is 5.82 Å². The Morgan fingerprint density at radius 1 is 0.903 bits per heavy atom. The fourth-order valence-electron chi connectivity index (χ4n) is 4.11. The van der Waals surface area contributed by atoms with Gasteiger partial charge in [-0.3, -0.25) is 4.79 Å². The lowest BCUT2D eigenvalue weighted by Gasteiger charge is -2.35. The average molecular weight is 413 g/mol. The summed E-state index contributed by atoms with van der Waals surface area (Å²) >= 11 is 0. The molecule has 156 valence electrons. The molecule has 0 unspecified atom stereocenters. The highest BCUT2D eigenvalue weighted by Crippen LogP contribution is 2.24. The minimum absolute atomic E-state index is 0.0781. The molecule has 0 bridgehead atoms. The maximum atomic E-state index is 13.0. The number of rotatable bonds is 3. The molecular formula is C23H23N7O. The summed E-state index contributed by atoms with van der Waals surface area (Å²) in [5.41, 5.74) is 5.20. The number of hydrogen-bond acceptors (Lipinski definition) is 6. The van der Waals surface area contributed by atoms with Crippen molar-refractivity contribution in [3.8, 4) is 5.69 Å². The summed E-state index contributed by atoms with van der Waals surface area (Å²) in [6.07, 6.45) is 1.55. The highest BCUT2D eigenvalue weighted by molar-refractivity contribution is 5.95. The summed E-state index contributed by atoms with van der Waals surface area (Å²) in [5.74, 6) is 0.833. The molecule has 0 radical (unpaired) electrons. The molecule has 1 amide bonds. The number of piperazine rings is 1. The van der Waals surface area contributed by atoms with Gasteiger partial charge in [-0.05, 0) is 38.1 Å². The first-order valence-electron chi connectivity index (χ1n) is 10.3. The van der Waals surface area contributed by atoms with Crippen molar-refractivity contribution in [2.45, 2.75) is 13.8 Å². The summed E-state index contributed by atoms with van der Waals surface area (Å²) < 4.78 is 1.72. The molecule has 8 nitrogen and oxygen atoms in total. The fraction of sp³-hybridized carbons (Fsp3) is 0.261. The third-order valence-electron chi connectivity index (χ3n) is 5.55. The number of hydrogen-bond donors (Lipinski definition) is 0. The zero-order valence-corrected chi connectivity index (χ0v) is 17.6. The Labute approximate surface area is 180 Å². The standard InChI is InChI=1S/C23H23N7O/c1-16-12-17(2)14-18(13-16)23(31)29-10-8-28(9-11-29)21-20-22(25-15-24-21)30(27-26-20)19-6-4-3-5-7-19/h3-7,12-15H,8-11H2,1-2H3. The van der Waals surface area contributed by atoms with Crippen molar-refractivity contribution in [2.24, 2.45) is 0 Å². The number of carbonyl (C=O) groups excluding carboxylic acids is 1. The van der Waals surface area contributed by atoms with E-state index in [9.17, 15) is 4.79 Å². The minimum Gasteiger partial charge on any atom is -0.351 e. The van der Waals surface area contributed by atoms with Crippen molar-refractivity contribution < 1.29 is 4.79 Å². The van der Waals surface area contributed by atoms with Gasteiger partial charge in [0.25, 0.3) is 5.91 Å². The first kappa shape index (κ1) is 19.2. The Kier molecular flexibility index (Phi) is 4.82. The molecular weight excluding hydrogens is 390 g/mol. The average Bonchev–Trinajstić information content (AvgIpc) is 3.23. The highest BCUT2D eigenvalue weighted by atomic mass is 16.2. The monoisotopic (exact) mass is 413 g/mol. The van der Waals surface area contributed by atoms with Crippen LogP contribution in [0.3, 0.4) is 0 Å². The van der Waals surface area contributed by atoms with Gasteiger partial charge < -0.3 is 9.80 Å². The van der Waals surface area contributed by atoms with Crippen molar-refractivity contribution in [3.63, 3.8) is 0 Å². The molecule has 1 saturated heterocycles. The summed E-state index contributed by atoms with van der Waals surface area (Å²) in [6.45, 7) is 6.66. The number of para-hydroxylation sites is 1. The van der Waals surface area contributed by atoms with Crippen LogP contribution < -0.4 is 4.90 Å². The van der Waals surface area contributed by atoms with Gasteiger partial charge >= 0.3 is 0 Å². The predicted molar refractivity (Wildman–Crippen MR) is 118 cm³/mol. The molecule has 1 fully saturated rings. The minimum atomic E-state index is 0.0781. The molecule has 0 atom stereocenters. The number of anilines is 1. The van der Waals surface area contributed by atoms with Gasteiger partial charge in [-0.2, -0.15) is 4.68 Å². The van der Waals surface area contributed by atoms with E-state index in [1.165, 1.54) is 0 Å². The molecule has 5 rings (SSSR count). The van der Waals surface area contributed by atoms with Crippen molar-refractivity contribution in [1.82, 2.24) is 29.9 Å². The van der Waals surface area contributed by atoms with Gasteiger partial charge in [0.2, 0.25) is 0 Å². The Bertz CT molecular complexity index is 1220. The Morgan fingerprint density at radius 3 is 2.32 bits per heavy atom. The van der Waals surface area contributed by atoms with Crippen LogP contribution in [0.5, 0.6) is 0 Å². The number of carbonyl (C=O) groups is 1. The summed E-state index contributed by atoms with van der Waals surface area (Å²) in [5, 5.41) is 8.65. The van der Waals surface area contributed by atoms with E-state index in [1.807, 2.05) is 61.2 Å². The normalized spacial score (nSPS) is 14.3. The van der Waals surface area contributed by atoms with E-state index in [2.05, 4.69) is 31.2 Å². The van der Waals surface area contributed by atoms with Crippen LogP contribution >= 0.6 is 0 Å². The summed E-state index contributed by atoms with van der Waals surface area (Å²) in [6, 6.07) is 15.8. The van der Waals surface area contributed by atoms with E-state index in [1.54, 1.807) is 11.0 Å². The third kappa shape index (κ3) is 3.61. The van der Waals surface area contributed by atoms with Crippen LogP contribution in [0, 0.1) is 13.8 Å². The molecule has 0 aliphatic carbocycles. The SMILES string of the molecule is Cc1cc(C)cc(C(=O)N2CCN(c3ncnc4c3nnn4-c3ccccc3)CC2)c1. The van der Waals surface area contributed by atoms with Crippen LogP contribution in [0.2, 0.25) is 0 Å². The number of amides is 1. The van der Waals surface area contributed by atoms with Crippen molar-refractivity contribution in [1.29, 1.82) is 0 Å². The first-order chi connectivity index (χ1) is 15.1. The lowest BCUT2D eigenvalue weighted by atomic mass is 10.1. The van der Waals surface area contributed by atoms with E-state index >= 15 is 0 Å². The van der Waals surface area contributed by atoms with Crippen LogP contribution in [0.1, 0.15) is 21.5 Å². The van der Waals surface area contributed by atoms with Crippen molar-refractivity contribution in [3.05, 3.63) is 71.5 Å². The van der Waals surface area contributed by atoms with E-state index in [0.717, 1.165) is 28.2 Å². The number of nitrogens with zero attached hydrogens (tertiary/aromatic N) is 7. The Hall–Kier alpha value is -3.81. The predicted octanol–water partition coefficient (Wildman–Crippen LogP) is 2.79. The molecule has 8 heteroatoms. The number of benzene rings is 2. The van der Waals surface area contributed by atoms with Gasteiger partial charge in [0.15, 0.2) is 17.0 Å². The lowest BCUT2D eigenvalue weighted by Crippen LogP contribution is -2.49. The molecule has 0 N–H and O–H groups in total. The molecule has 1 aliphatic heterocycles.